The average Bonchev–Trinajstić information content (AvgIpc) is 3.18. The SMILES string of the molecule is Cc1nnc(-c2cnc(NC3(c4ccc(C5=CCN(C)CC5)cc4)CCC3)nc2)o1. The van der Waals surface area contributed by atoms with E-state index in [1.54, 1.807) is 19.3 Å². The summed E-state index contributed by atoms with van der Waals surface area (Å²) in [5, 5.41) is 11.5. The molecule has 1 saturated carbocycles. The van der Waals surface area contributed by atoms with Crippen LogP contribution in [0.2, 0.25) is 0 Å². The molecule has 1 aromatic carbocycles. The van der Waals surface area contributed by atoms with Gasteiger partial charge in [0.05, 0.1) is 11.1 Å². The molecule has 7 heteroatoms. The highest BCUT2D eigenvalue weighted by atomic mass is 16.4. The number of likely N-dealkylation sites (N-methyl/N-ethyl adjacent to an activating group) is 1. The molecule has 3 heterocycles. The van der Waals surface area contributed by atoms with E-state index in [1.165, 1.54) is 23.1 Å². The lowest BCUT2D eigenvalue weighted by molar-refractivity contribution is 0.282. The normalized spacial score (nSPS) is 18.5. The van der Waals surface area contributed by atoms with Crippen molar-refractivity contribution in [2.45, 2.75) is 38.1 Å². The Morgan fingerprint density at radius 2 is 1.80 bits per heavy atom. The molecule has 154 valence electrons. The van der Waals surface area contributed by atoms with E-state index in [1.807, 2.05) is 0 Å². The highest BCUT2D eigenvalue weighted by molar-refractivity contribution is 5.67. The van der Waals surface area contributed by atoms with Crippen molar-refractivity contribution in [3.05, 3.63) is 59.8 Å². The molecular formula is C23H26N6O. The summed E-state index contributed by atoms with van der Waals surface area (Å²) < 4.78 is 5.45. The maximum absolute atomic E-state index is 5.45. The van der Waals surface area contributed by atoms with Crippen molar-refractivity contribution >= 4 is 11.5 Å². The number of hydrogen-bond donors (Lipinski definition) is 1. The molecule has 1 fully saturated rings. The van der Waals surface area contributed by atoms with Gasteiger partial charge in [-0.25, -0.2) is 9.97 Å². The molecule has 0 unspecified atom stereocenters. The summed E-state index contributed by atoms with van der Waals surface area (Å²) in [6.07, 6.45) is 10.3. The van der Waals surface area contributed by atoms with Gasteiger partial charge in [0.2, 0.25) is 11.8 Å². The fourth-order valence-corrected chi connectivity index (χ4v) is 4.18. The number of nitrogens with one attached hydrogen (secondary N) is 1. The van der Waals surface area contributed by atoms with Gasteiger partial charge in [0.25, 0.3) is 5.89 Å². The molecule has 30 heavy (non-hydrogen) atoms. The average molecular weight is 403 g/mol. The van der Waals surface area contributed by atoms with Crippen molar-refractivity contribution in [1.29, 1.82) is 0 Å². The van der Waals surface area contributed by atoms with Gasteiger partial charge in [-0.1, -0.05) is 30.3 Å². The van der Waals surface area contributed by atoms with E-state index in [9.17, 15) is 0 Å². The summed E-state index contributed by atoms with van der Waals surface area (Å²) in [6.45, 7) is 3.91. The topological polar surface area (TPSA) is 80.0 Å². The van der Waals surface area contributed by atoms with Crippen LogP contribution in [-0.4, -0.2) is 45.2 Å². The summed E-state index contributed by atoms with van der Waals surface area (Å²) in [6, 6.07) is 9.04. The van der Waals surface area contributed by atoms with Gasteiger partial charge in [-0.05, 0) is 49.4 Å². The number of anilines is 1. The number of benzene rings is 1. The molecular weight excluding hydrogens is 376 g/mol. The third-order valence-electron chi connectivity index (χ3n) is 6.20. The number of rotatable bonds is 5. The number of nitrogens with zero attached hydrogens (tertiary/aromatic N) is 5. The van der Waals surface area contributed by atoms with E-state index in [0.717, 1.165) is 37.9 Å². The van der Waals surface area contributed by atoms with Crippen molar-refractivity contribution in [3.8, 4) is 11.5 Å². The van der Waals surface area contributed by atoms with Crippen LogP contribution >= 0.6 is 0 Å². The molecule has 3 aromatic rings. The van der Waals surface area contributed by atoms with Crippen LogP contribution in [0.1, 0.15) is 42.7 Å². The van der Waals surface area contributed by atoms with Gasteiger partial charge < -0.3 is 14.6 Å². The lowest BCUT2D eigenvalue weighted by Crippen LogP contribution is -2.42. The third-order valence-corrected chi connectivity index (χ3v) is 6.20. The summed E-state index contributed by atoms with van der Waals surface area (Å²) in [4.78, 5) is 11.3. The van der Waals surface area contributed by atoms with Crippen molar-refractivity contribution in [3.63, 3.8) is 0 Å². The third kappa shape index (κ3) is 3.61. The molecule has 0 amide bonds. The first-order valence-corrected chi connectivity index (χ1v) is 10.5. The summed E-state index contributed by atoms with van der Waals surface area (Å²) in [5.74, 6) is 1.59. The van der Waals surface area contributed by atoms with Gasteiger partial charge >= 0.3 is 0 Å². The zero-order valence-electron chi connectivity index (χ0n) is 17.4. The number of aromatic nitrogens is 4. The minimum absolute atomic E-state index is 0.0950. The molecule has 1 aliphatic heterocycles. The minimum Gasteiger partial charge on any atom is -0.421 e. The predicted octanol–water partition coefficient (Wildman–Crippen LogP) is 4.05. The summed E-state index contributed by atoms with van der Waals surface area (Å²) in [7, 11) is 2.17. The largest absolute Gasteiger partial charge is 0.421 e. The summed E-state index contributed by atoms with van der Waals surface area (Å²) >= 11 is 0. The van der Waals surface area contributed by atoms with Crippen molar-refractivity contribution in [1.82, 2.24) is 25.1 Å². The first-order valence-electron chi connectivity index (χ1n) is 10.5. The zero-order valence-corrected chi connectivity index (χ0v) is 17.4. The molecule has 0 spiro atoms. The molecule has 2 aromatic heterocycles. The second-order valence-corrected chi connectivity index (χ2v) is 8.30. The maximum atomic E-state index is 5.45. The Hall–Kier alpha value is -3.06. The smallest absolute Gasteiger partial charge is 0.250 e. The van der Waals surface area contributed by atoms with Gasteiger partial charge in [0, 0.05) is 32.4 Å². The second kappa shape index (κ2) is 7.65. The molecule has 7 nitrogen and oxygen atoms in total. The molecule has 0 atom stereocenters. The van der Waals surface area contributed by atoms with Crippen molar-refractivity contribution in [2.75, 3.05) is 25.5 Å². The molecule has 5 rings (SSSR count). The molecule has 2 aliphatic rings. The van der Waals surface area contributed by atoms with Crippen molar-refractivity contribution < 1.29 is 4.42 Å². The van der Waals surface area contributed by atoms with E-state index in [0.29, 0.717) is 17.7 Å². The van der Waals surface area contributed by atoms with E-state index in [4.69, 9.17) is 4.42 Å². The van der Waals surface area contributed by atoms with Crippen LogP contribution in [0.25, 0.3) is 17.0 Å². The van der Waals surface area contributed by atoms with Crippen LogP contribution in [0.4, 0.5) is 5.95 Å². The number of aryl methyl sites for hydroxylation is 1. The Bertz CT molecular complexity index is 1050. The fourth-order valence-electron chi connectivity index (χ4n) is 4.18. The van der Waals surface area contributed by atoms with Crippen LogP contribution in [-0.2, 0) is 5.54 Å². The quantitative estimate of drug-likeness (QED) is 0.690. The van der Waals surface area contributed by atoms with Gasteiger partial charge in [-0.15, -0.1) is 10.2 Å². The summed E-state index contributed by atoms with van der Waals surface area (Å²) in [5.41, 5.74) is 4.70. The Balaban J connectivity index is 1.33. The van der Waals surface area contributed by atoms with Crippen LogP contribution in [0.15, 0.2) is 47.2 Å². The minimum atomic E-state index is -0.0950. The van der Waals surface area contributed by atoms with Gasteiger partial charge in [0.15, 0.2) is 0 Å². The Labute approximate surface area is 176 Å². The molecule has 0 saturated heterocycles. The lowest BCUT2D eigenvalue weighted by Gasteiger charge is -2.43. The zero-order chi connectivity index (χ0) is 20.6. The second-order valence-electron chi connectivity index (χ2n) is 8.30. The predicted molar refractivity (Wildman–Crippen MR) is 116 cm³/mol. The molecule has 0 bridgehead atoms. The van der Waals surface area contributed by atoms with E-state index in [2.05, 4.69) is 67.8 Å². The van der Waals surface area contributed by atoms with Crippen LogP contribution in [0, 0.1) is 6.92 Å². The van der Waals surface area contributed by atoms with Crippen LogP contribution in [0.5, 0.6) is 0 Å². The Morgan fingerprint density at radius 3 is 2.37 bits per heavy atom. The van der Waals surface area contributed by atoms with Gasteiger partial charge in [-0.3, -0.25) is 0 Å². The fraction of sp³-hybridized carbons (Fsp3) is 0.391. The van der Waals surface area contributed by atoms with Crippen LogP contribution < -0.4 is 5.32 Å². The Morgan fingerprint density at radius 1 is 1.03 bits per heavy atom. The highest BCUT2D eigenvalue weighted by Gasteiger charge is 2.39. The first-order chi connectivity index (χ1) is 14.6. The lowest BCUT2D eigenvalue weighted by atomic mass is 9.71. The van der Waals surface area contributed by atoms with Gasteiger partial charge in [0.1, 0.15) is 0 Å². The maximum Gasteiger partial charge on any atom is 0.250 e. The van der Waals surface area contributed by atoms with E-state index >= 15 is 0 Å². The van der Waals surface area contributed by atoms with E-state index in [-0.39, 0.29) is 5.54 Å². The molecule has 1 N–H and O–H groups in total. The monoisotopic (exact) mass is 402 g/mol. The van der Waals surface area contributed by atoms with Gasteiger partial charge in [-0.2, -0.15) is 0 Å². The standard InChI is InChI=1S/C23H26N6O/c1-16-27-28-21(30-16)19-14-24-22(25-15-19)26-23(10-3-11-23)20-6-4-17(5-7-20)18-8-12-29(2)13-9-18/h4-8,14-15H,3,9-13H2,1-2H3,(H,24,25,26). The van der Waals surface area contributed by atoms with Crippen LogP contribution in [0.3, 0.4) is 0 Å². The Kier molecular flexibility index (Phi) is 4.83. The van der Waals surface area contributed by atoms with Crippen molar-refractivity contribution in [2.24, 2.45) is 0 Å². The highest BCUT2D eigenvalue weighted by Crippen LogP contribution is 2.44. The molecule has 1 aliphatic carbocycles. The molecule has 0 radical (unpaired) electrons. The van der Waals surface area contributed by atoms with E-state index < -0.39 is 0 Å². The first kappa shape index (κ1) is 18.9. The number of hydrogen-bond acceptors (Lipinski definition) is 7.